The Morgan fingerprint density at radius 2 is 2.33 bits per heavy atom. The van der Waals surface area contributed by atoms with Gasteiger partial charge in [-0.1, -0.05) is 0 Å². The molecule has 1 rings (SSSR count). The number of ether oxygens (including phenoxy) is 1. The molecule has 0 aliphatic heterocycles. The molecule has 1 aromatic rings. The maximum absolute atomic E-state index is 5.26. The van der Waals surface area contributed by atoms with Crippen LogP contribution in [0.25, 0.3) is 0 Å². The highest BCUT2D eigenvalue weighted by atomic mass is 16.5. The van der Waals surface area contributed by atoms with Crippen molar-refractivity contribution in [1.29, 1.82) is 0 Å². The monoisotopic (exact) mass is 165 g/mol. The average molecular weight is 165 g/mol. The molecular weight excluding hydrogens is 150 g/mol. The summed E-state index contributed by atoms with van der Waals surface area (Å²) in [4.78, 5) is 4.13. The fraction of sp³-hybridized carbons (Fsp3) is 0.500. The highest BCUT2D eigenvalue weighted by molar-refractivity contribution is 5.15. The molecule has 12 heavy (non-hydrogen) atoms. The maximum atomic E-state index is 5.26. The van der Waals surface area contributed by atoms with Gasteiger partial charge >= 0.3 is 0 Å². The first-order valence-corrected chi connectivity index (χ1v) is 4.32. The fourth-order valence-electron chi connectivity index (χ4n) is 1.09. The standard InChI is InChI=1S/C10H15NO/c1-3-12-7-5-10-4-6-11-9(2)8-10/h4,6,8H,3,5,7H2,1-2H3. The summed E-state index contributed by atoms with van der Waals surface area (Å²) < 4.78 is 5.26. The van der Waals surface area contributed by atoms with Crippen molar-refractivity contribution in [3.63, 3.8) is 0 Å². The van der Waals surface area contributed by atoms with E-state index in [1.165, 1.54) is 5.56 Å². The van der Waals surface area contributed by atoms with Crippen LogP contribution in [0.1, 0.15) is 18.2 Å². The average Bonchev–Trinajstić information content (AvgIpc) is 2.05. The van der Waals surface area contributed by atoms with Gasteiger partial charge in [0.1, 0.15) is 0 Å². The molecule has 0 radical (unpaired) electrons. The third-order valence-electron chi connectivity index (χ3n) is 1.70. The fourth-order valence-corrected chi connectivity index (χ4v) is 1.09. The summed E-state index contributed by atoms with van der Waals surface area (Å²) in [6, 6.07) is 4.13. The molecule has 0 aromatic carbocycles. The topological polar surface area (TPSA) is 22.1 Å². The van der Waals surface area contributed by atoms with Crippen LogP contribution in [0, 0.1) is 6.92 Å². The van der Waals surface area contributed by atoms with Crippen LogP contribution in [-0.4, -0.2) is 18.2 Å². The molecule has 0 aliphatic carbocycles. The Kier molecular flexibility index (Phi) is 3.74. The van der Waals surface area contributed by atoms with Crippen molar-refractivity contribution in [2.75, 3.05) is 13.2 Å². The Morgan fingerprint density at radius 1 is 1.50 bits per heavy atom. The number of hydrogen-bond acceptors (Lipinski definition) is 2. The molecule has 0 amide bonds. The van der Waals surface area contributed by atoms with E-state index in [2.05, 4.69) is 11.1 Å². The molecule has 1 heterocycles. The van der Waals surface area contributed by atoms with Gasteiger partial charge in [0.05, 0.1) is 6.61 Å². The van der Waals surface area contributed by atoms with E-state index in [4.69, 9.17) is 4.74 Å². The summed E-state index contributed by atoms with van der Waals surface area (Å²) in [5, 5.41) is 0. The third-order valence-corrected chi connectivity index (χ3v) is 1.70. The van der Waals surface area contributed by atoms with Crippen LogP contribution in [0.3, 0.4) is 0 Å². The van der Waals surface area contributed by atoms with E-state index >= 15 is 0 Å². The van der Waals surface area contributed by atoms with Gasteiger partial charge in [-0.3, -0.25) is 4.98 Å². The molecule has 0 aliphatic rings. The van der Waals surface area contributed by atoms with Crippen LogP contribution >= 0.6 is 0 Å². The van der Waals surface area contributed by atoms with Gasteiger partial charge in [0, 0.05) is 18.5 Å². The van der Waals surface area contributed by atoms with Crippen LogP contribution in [0.5, 0.6) is 0 Å². The van der Waals surface area contributed by atoms with Gasteiger partial charge in [0.25, 0.3) is 0 Å². The Bertz CT molecular complexity index is 235. The minimum Gasteiger partial charge on any atom is -0.381 e. The molecule has 0 spiro atoms. The van der Waals surface area contributed by atoms with E-state index in [9.17, 15) is 0 Å². The summed E-state index contributed by atoms with van der Waals surface area (Å²) in [5.41, 5.74) is 2.37. The molecule has 66 valence electrons. The normalized spacial score (nSPS) is 10.2. The number of pyridine rings is 1. The predicted octanol–water partition coefficient (Wildman–Crippen LogP) is 1.97. The molecule has 0 saturated heterocycles. The van der Waals surface area contributed by atoms with Gasteiger partial charge in [-0.15, -0.1) is 0 Å². The van der Waals surface area contributed by atoms with E-state index in [0.717, 1.165) is 25.3 Å². The van der Waals surface area contributed by atoms with Gasteiger partial charge in [-0.25, -0.2) is 0 Å². The SMILES string of the molecule is CCOCCc1ccnc(C)c1. The quantitative estimate of drug-likeness (QED) is 0.636. The summed E-state index contributed by atoms with van der Waals surface area (Å²) >= 11 is 0. The van der Waals surface area contributed by atoms with Crippen LogP contribution in [0.2, 0.25) is 0 Å². The van der Waals surface area contributed by atoms with Gasteiger partial charge in [0.15, 0.2) is 0 Å². The van der Waals surface area contributed by atoms with Crippen molar-refractivity contribution in [2.45, 2.75) is 20.3 Å². The lowest BCUT2D eigenvalue weighted by Crippen LogP contribution is -1.98. The number of hydrogen-bond donors (Lipinski definition) is 0. The van der Waals surface area contributed by atoms with E-state index in [1.54, 1.807) is 0 Å². The molecule has 2 heteroatoms. The molecule has 0 N–H and O–H groups in total. The lowest BCUT2D eigenvalue weighted by atomic mass is 10.2. The lowest BCUT2D eigenvalue weighted by molar-refractivity contribution is 0.151. The van der Waals surface area contributed by atoms with Gasteiger partial charge in [-0.2, -0.15) is 0 Å². The first-order chi connectivity index (χ1) is 5.83. The molecular formula is C10H15NO. The number of rotatable bonds is 4. The van der Waals surface area contributed by atoms with Crippen LogP contribution < -0.4 is 0 Å². The second-order valence-corrected chi connectivity index (χ2v) is 2.75. The van der Waals surface area contributed by atoms with Gasteiger partial charge in [-0.05, 0) is 38.0 Å². The third kappa shape index (κ3) is 3.01. The highest BCUT2D eigenvalue weighted by Crippen LogP contribution is 2.01. The highest BCUT2D eigenvalue weighted by Gasteiger charge is 1.92. The maximum Gasteiger partial charge on any atom is 0.0506 e. The minimum absolute atomic E-state index is 0.796. The summed E-state index contributed by atoms with van der Waals surface area (Å²) in [7, 11) is 0. The second-order valence-electron chi connectivity index (χ2n) is 2.75. The van der Waals surface area contributed by atoms with Crippen molar-refractivity contribution in [1.82, 2.24) is 4.98 Å². The largest absolute Gasteiger partial charge is 0.381 e. The second kappa shape index (κ2) is 4.88. The Morgan fingerprint density at radius 3 is 3.00 bits per heavy atom. The molecule has 1 aromatic heterocycles. The number of aromatic nitrogens is 1. The smallest absolute Gasteiger partial charge is 0.0506 e. The molecule has 0 saturated carbocycles. The van der Waals surface area contributed by atoms with Crippen molar-refractivity contribution in [2.24, 2.45) is 0 Å². The molecule has 2 nitrogen and oxygen atoms in total. The molecule has 0 fully saturated rings. The van der Waals surface area contributed by atoms with Crippen LogP contribution in [0.15, 0.2) is 18.3 Å². The summed E-state index contributed by atoms with van der Waals surface area (Å²) in [6.45, 7) is 5.62. The Labute approximate surface area is 73.6 Å². The van der Waals surface area contributed by atoms with E-state index in [1.807, 2.05) is 26.1 Å². The zero-order chi connectivity index (χ0) is 8.81. The molecule has 0 atom stereocenters. The van der Waals surface area contributed by atoms with Crippen molar-refractivity contribution in [3.8, 4) is 0 Å². The van der Waals surface area contributed by atoms with Gasteiger partial charge in [0.2, 0.25) is 0 Å². The Balaban J connectivity index is 2.41. The summed E-state index contributed by atoms with van der Waals surface area (Å²) in [5.74, 6) is 0. The zero-order valence-electron chi connectivity index (χ0n) is 7.71. The first kappa shape index (κ1) is 9.20. The Hall–Kier alpha value is -0.890. The summed E-state index contributed by atoms with van der Waals surface area (Å²) in [6.07, 6.45) is 2.83. The van der Waals surface area contributed by atoms with E-state index < -0.39 is 0 Å². The van der Waals surface area contributed by atoms with Gasteiger partial charge < -0.3 is 4.74 Å². The van der Waals surface area contributed by atoms with Crippen molar-refractivity contribution in [3.05, 3.63) is 29.6 Å². The molecule has 0 unspecified atom stereocenters. The molecule has 0 bridgehead atoms. The number of aryl methyl sites for hydroxylation is 1. The van der Waals surface area contributed by atoms with Crippen molar-refractivity contribution < 1.29 is 4.74 Å². The zero-order valence-corrected chi connectivity index (χ0v) is 7.71. The predicted molar refractivity (Wildman–Crippen MR) is 49.2 cm³/mol. The number of nitrogens with zero attached hydrogens (tertiary/aromatic N) is 1. The first-order valence-electron chi connectivity index (χ1n) is 4.32. The minimum atomic E-state index is 0.796. The van der Waals surface area contributed by atoms with E-state index in [0.29, 0.717) is 0 Å². The van der Waals surface area contributed by atoms with Crippen LogP contribution in [-0.2, 0) is 11.2 Å². The van der Waals surface area contributed by atoms with Crippen LogP contribution in [0.4, 0.5) is 0 Å². The van der Waals surface area contributed by atoms with Crippen molar-refractivity contribution >= 4 is 0 Å². The van der Waals surface area contributed by atoms with E-state index in [-0.39, 0.29) is 0 Å². The lowest BCUT2D eigenvalue weighted by Gasteiger charge is -2.01.